The van der Waals surface area contributed by atoms with E-state index >= 15 is 0 Å². The summed E-state index contributed by atoms with van der Waals surface area (Å²) in [6.45, 7) is 4.23. The van der Waals surface area contributed by atoms with Crippen LogP contribution in [0.15, 0.2) is 91.5 Å². The number of benzene rings is 3. The highest BCUT2D eigenvalue weighted by Crippen LogP contribution is 2.26. The number of carbonyl (C=O) groups excluding carboxylic acids is 1. The van der Waals surface area contributed by atoms with Crippen LogP contribution in [0.4, 0.5) is 0 Å². The Balaban J connectivity index is 1.62. The van der Waals surface area contributed by atoms with Gasteiger partial charge >= 0.3 is 0 Å². The maximum absolute atomic E-state index is 10.8. The lowest BCUT2D eigenvalue weighted by Gasteiger charge is -2.08. The molecule has 1 heterocycles. The summed E-state index contributed by atoms with van der Waals surface area (Å²) in [5, 5.41) is 1.12. The lowest BCUT2D eigenvalue weighted by Crippen LogP contribution is -1.91. The van der Waals surface area contributed by atoms with E-state index in [4.69, 9.17) is 4.98 Å². The first kappa shape index (κ1) is 16.0. The van der Waals surface area contributed by atoms with Crippen molar-refractivity contribution in [3.8, 4) is 11.1 Å². The van der Waals surface area contributed by atoms with Crippen LogP contribution in [0.25, 0.3) is 27.6 Å². The van der Waals surface area contributed by atoms with Crippen molar-refractivity contribution in [3.05, 3.63) is 108 Å². The van der Waals surface area contributed by atoms with E-state index in [0.717, 1.165) is 45.1 Å². The molecular formula is C24H17NO. The molecule has 0 aliphatic heterocycles. The lowest BCUT2D eigenvalue weighted by atomic mass is 9.98. The van der Waals surface area contributed by atoms with Crippen LogP contribution >= 0.6 is 0 Å². The Morgan fingerprint density at radius 2 is 1.42 bits per heavy atom. The van der Waals surface area contributed by atoms with Crippen molar-refractivity contribution in [3.63, 3.8) is 0 Å². The highest BCUT2D eigenvalue weighted by molar-refractivity contribution is 5.84. The number of carbonyl (C=O) groups is 1. The molecule has 0 spiro atoms. The predicted molar refractivity (Wildman–Crippen MR) is 107 cm³/mol. The van der Waals surface area contributed by atoms with E-state index in [9.17, 15) is 4.79 Å². The van der Waals surface area contributed by atoms with Crippen LogP contribution in [0.3, 0.4) is 0 Å². The van der Waals surface area contributed by atoms with Crippen molar-refractivity contribution in [1.82, 2.24) is 4.98 Å². The molecule has 4 rings (SSSR count). The molecule has 124 valence electrons. The number of rotatable bonds is 4. The summed E-state index contributed by atoms with van der Waals surface area (Å²) in [7, 11) is 0. The number of nitrogens with zero attached hydrogens (tertiary/aromatic N) is 1. The minimum Gasteiger partial charge on any atom is -0.298 e. The molecule has 0 amide bonds. The zero-order valence-corrected chi connectivity index (χ0v) is 14.2. The SMILES string of the molecule is C=C(c1ccc(-c2ccc(C=O)cc2)cc1)c1ccc2ccccc2n1. The van der Waals surface area contributed by atoms with Crippen LogP contribution in [0.5, 0.6) is 0 Å². The fraction of sp³-hybridized carbons (Fsp3) is 0. The van der Waals surface area contributed by atoms with Gasteiger partial charge in [0.05, 0.1) is 11.2 Å². The molecule has 0 aliphatic carbocycles. The number of pyridine rings is 1. The van der Waals surface area contributed by atoms with Gasteiger partial charge in [-0.1, -0.05) is 79.4 Å². The molecule has 0 N–H and O–H groups in total. The standard InChI is InChI=1S/C24H17NO/c1-17(23-15-14-22-4-2-3-5-24(22)25-23)19-10-12-21(13-11-19)20-8-6-18(16-26)7-9-20/h2-16H,1H2. The Morgan fingerprint density at radius 1 is 0.769 bits per heavy atom. The van der Waals surface area contributed by atoms with Crippen molar-refractivity contribution in [2.75, 3.05) is 0 Å². The first-order valence-electron chi connectivity index (χ1n) is 8.46. The Hall–Kier alpha value is -3.52. The molecule has 3 aromatic carbocycles. The second kappa shape index (κ2) is 6.77. The number of hydrogen-bond acceptors (Lipinski definition) is 2. The average molecular weight is 335 g/mol. The minimum atomic E-state index is 0.682. The molecule has 0 saturated carbocycles. The smallest absolute Gasteiger partial charge is 0.150 e. The molecule has 2 heteroatoms. The summed E-state index contributed by atoms with van der Waals surface area (Å²) >= 11 is 0. The lowest BCUT2D eigenvalue weighted by molar-refractivity contribution is 0.112. The molecule has 1 aromatic heterocycles. The summed E-state index contributed by atoms with van der Waals surface area (Å²) in [5.74, 6) is 0. The van der Waals surface area contributed by atoms with E-state index in [-0.39, 0.29) is 0 Å². The average Bonchev–Trinajstić information content (AvgIpc) is 2.73. The second-order valence-corrected chi connectivity index (χ2v) is 6.18. The van der Waals surface area contributed by atoms with Crippen LogP contribution in [-0.4, -0.2) is 11.3 Å². The Morgan fingerprint density at radius 3 is 2.12 bits per heavy atom. The van der Waals surface area contributed by atoms with Gasteiger partial charge in [-0.05, 0) is 28.8 Å². The largest absolute Gasteiger partial charge is 0.298 e. The number of aldehydes is 1. The van der Waals surface area contributed by atoms with Gasteiger partial charge in [0.25, 0.3) is 0 Å². The van der Waals surface area contributed by atoms with Crippen molar-refractivity contribution in [2.45, 2.75) is 0 Å². The van der Waals surface area contributed by atoms with Crippen LogP contribution < -0.4 is 0 Å². The fourth-order valence-electron chi connectivity index (χ4n) is 3.00. The number of hydrogen-bond donors (Lipinski definition) is 0. The Bertz CT molecular complexity index is 1090. The topological polar surface area (TPSA) is 30.0 Å². The number of para-hydroxylation sites is 1. The maximum Gasteiger partial charge on any atom is 0.150 e. The molecule has 4 aromatic rings. The van der Waals surface area contributed by atoms with Gasteiger partial charge in [0.2, 0.25) is 0 Å². The van der Waals surface area contributed by atoms with Gasteiger partial charge in [-0.15, -0.1) is 0 Å². The van der Waals surface area contributed by atoms with Crippen LogP contribution in [-0.2, 0) is 0 Å². The van der Waals surface area contributed by atoms with Crippen molar-refractivity contribution < 1.29 is 4.79 Å². The molecule has 0 atom stereocenters. The molecule has 0 unspecified atom stereocenters. The zero-order valence-electron chi connectivity index (χ0n) is 14.2. The second-order valence-electron chi connectivity index (χ2n) is 6.18. The van der Waals surface area contributed by atoms with Gasteiger partial charge in [0, 0.05) is 16.5 Å². The van der Waals surface area contributed by atoms with E-state index in [1.807, 2.05) is 48.5 Å². The molecule has 0 fully saturated rings. The molecule has 0 radical (unpaired) electrons. The quantitative estimate of drug-likeness (QED) is 0.443. The van der Waals surface area contributed by atoms with Crippen LogP contribution in [0.2, 0.25) is 0 Å². The minimum absolute atomic E-state index is 0.682. The van der Waals surface area contributed by atoms with Gasteiger partial charge in [-0.3, -0.25) is 4.79 Å². The Labute approximate surface area is 152 Å². The van der Waals surface area contributed by atoms with Gasteiger partial charge in [-0.25, -0.2) is 4.98 Å². The van der Waals surface area contributed by atoms with Gasteiger partial charge < -0.3 is 0 Å². The third kappa shape index (κ3) is 3.05. The summed E-state index contributed by atoms with van der Waals surface area (Å²) in [5.41, 5.74) is 6.66. The third-order valence-electron chi connectivity index (χ3n) is 4.52. The summed E-state index contributed by atoms with van der Waals surface area (Å²) < 4.78 is 0. The molecular weight excluding hydrogens is 318 g/mol. The Kier molecular flexibility index (Phi) is 4.16. The van der Waals surface area contributed by atoms with Crippen molar-refractivity contribution in [2.24, 2.45) is 0 Å². The van der Waals surface area contributed by atoms with E-state index in [1.54, 1.807) is 0 Å². The van der Waals surface area contributed by atoms with E-state index in [1.165, 1.54) is 0 Å². The number of fused-ring (bicyclic) bond motifs is 1. The predicted octanol–water partition coefficient (Wildman–Crippen LogP) is 5.78. The highest BCUT2D eigenvalue weighted by Gasteiger charge is 2.06. The van der Waals surface area contributed by atoms with E-state index in [0.29, 0.717) is 5.56 Å². The first-order valence-corrected chi connectivity index (χ1v) is 8.46. The fourth-order valence-corrected chi connectivity index (χ4v) is 3.00. The number of aromatic nitrogens is 1. The van der Waals surface area contributed by atoms with Gasteiger partial charge in [0.15, 0.2) is 0 Å². The monoisotopic (exact) mass is 335 g/mol. The summed E-state index contributed by atoms with van der Waals surface area (Å²) in [6.07, 6.45) is 0.855. The first-order chi connectivity index (χ1) is 12.7. The highest BCUT2D eigenvalue weighted by atomic mass is 16.1. The van der Waals surface area contributed by atoms with Crippen LogP contribution in [0.1, 0.15) is 21.6 Å². The van der Waals surface area contributed by atoms with Crippen LogP contribution in [0, 0.1) is 0 Å². The molecule has 0 aliphatic rings. The third-order valence-corrected chi connectivity index (χ3v) is 4.52. The van der Waals surface area contributed by atoms with Gasteiger partial charge in [-0.2, -0.15) is 0 Å². The molecule has 0 saturated heterocycles. The van der Waals surface area contributed by atoms with Crippen molar-refractivity contribution in [1.29, 1.82) is 0 Å². The molecule has 0 bridgehead atoms. The maximum atomic E-state index is 10.8. The zero-order chi connectivity index (χ0) is 17.9. The van der Waals surface area contributed by atoms with Crippen molar-refractivity contribution >= 4 is 22.8 Å². The normalized spacial score (nSPS) is 10.6. The van der Waals surface area contributed by atoms with Gasteiger partial charge in [0.1, 0.15) is 6.29 Å². The molecule has 2 nitrogen and oxygen atoms in total. The van der Waals surface area contributed by atoms with E-state index < -0.39 is 0 Å². The van der Waals surface area contributed by atoms with E-state index in [2.05, 4.69) is 43.0 Å². The summed E-state index contributed by atoms with van der Waals surface area (Å²) in [6, 6.07) is 28.0. The summed E-state index contributed by atoms with van der Waals surface area (Å²) in [4.78, 5) is 15.5. The molecule has 26 heavy (non-hydrogen) atoms.